The minimum absolute atomic E-state index is 0.000258. The number of aliphatic imine (C=N–C) groups is 1. The largest absolute Gasteiger partial charge is 0.507 e. The monoisotopic (exact) mass is 471 g/mol. The number of aliphatic carboxylic acids is 1. The van der Waals surface area contributed by atoms with E-state index in [1.165, 1.54) is 17.8 Å². The lowest BCUT2D eigenvalue weighted by atomic mass is 9.97. The maximum atomic E-state index is 11.7. The summed E-state index contributed by atoms with van der Waals surface area (Å²) in [7, 11) is 1.63. The van der Waals surface area contributed by atoms with E-state index in [0.717, 1.165) is 0 Å². The number of rotatable bonds is 16. The highest BCUT2D eigenvalue weighted by Crippen LogP contribution is 2.42. The highest BCUT2D eigenvalue weighted by atomic mass is 32.2. The van der Waals surface area contributed by atoms with E-state index < -0.39 is 11.5 Å². The van der Waals surface area contributed by atoms with Crippen molar-refractivity contribution in [2.24, 2.45) is 4.99 Å². The summed E-state index contributed by atoms with van der Waals surface area (Å²) < 4.78 is 26.6. The average Bonchev–Trinajstić information content (AvgIpc) is 3.12. The van der Waals surface area contributed by atoms with Crippen molar-refractivity contribution in [2.45, 2.75) is 31.1 Å². The fourth-order valence-corrected chi connectivity index (χ4v) is 4.39. The molecule has 0 spiro atoms. The number of benzene rings is 1. The van der Waals surface area contributed by atoms with Gasteiger partial charge in [-0.3, -0.25) is 4.99 Å². The molecule has 0 fully saturated rings. The predicted octanol–water partition coefficient (Wildman–Crippen LogP) is 2.58. The molecular weight excluding hydrogens is 438 g/mol. The van der Waals surface area contributed by atoms with Crippen molar-refractivity contribution >= 4 is 22.8 Å². The van der Waals surface area contributed by atoms with Crippen LogP contribution in [0, 0.1) is 0 Å². The predicted molar refractivity (Wildman–Crippen MR) is 122 cm³/mol. The lowest BCUT2D eigenvalue weighted by Crippen LogP contribution is -2.40. The number of phenolic OH excluding ortho intramolecular Hbond substituents is 1. The Hall–Kier alpha value is -1.85. The number of methoxy groups -OCH3 is 1. The number of ether oxygens (including phenoxy) is 5. The lowest BCUT2D eigenvalue weighted by Gasteiger charge is -2.21. The molecule has 10 heteroatoms. The number of hydrogen-bond donors (Lipinski definition) is 2. The molecule has 2 N–H and O–H groups in total. The maximum Gasteiger partial charge on any atom is 0.332 e. The van der Waals surface area contributed by atoms with Gasteiger partial charge in [0.1, 0.15) is 23.1 Å². The smallest absolute Gasteiger partial charge is 0.332 e. The molecule has 0 saturated carbocycles. The molecule has 32 heavy (non-hydrogen) atoms. The van der Waals surface area contributed by atoms with Crippen LogP contribution in [0.25, 0.3) is 0 Å². The second-order valence-corrected chi connectivity index (χ2v) is 8.43. The van der Waals surface area contributed by atoms with Crippen molar-refractivity contribution in [3.8, 4) is 11.5 Å². The highest BCUT2D eigenvalue weighted by Gasteiger charge is 2.46. The van der Waals surface area contributed by atoms with Crippen molar-refractivity contribution in [2.75, 3.05) is 60.0 Å². The number of phenols is 1. The Morgan fingerprint density at radius 1 is 1.06 bits per heavy atom. The minimum atomic E-state index is -1.20. The Kier molecular flexibility index (Phi) is 11.3. The summed E-state index contributed by atoms with van der Waals surface area (Å²) in [6.45, 7) is 7.31. The second-order valence-electron chi connectivity index (χ2n) is 7.24. The third-order valence-corrected chi connectivity index (χ3v) is 6.50. The summed E-state index contributed by atoms with van der Waals surface area (Å²) >= 11 is 1.38. The first-order chi connectivity index (χ1) is 15.4. The van der Waals surface area contributed by atoms with Crippen LogP contribution in [0.2, 0.25) is 0 Å². The third-order valence-electron chi connectivity index (χ3n) is 4.89. The van der Waals surface area contributed by atoms with Crippen LogP contribution in [-0.2, 0) is 23.7 Å². The van der Waals surface area contributed by atoms with Gasteiger partial charge in [-0.05, 0) is 25.5 Å². The van der Waals surface area contributed by atoms with Gasteiger partial charge in [-0.2, -0.15) is 0 Å². The number of hydrogen-bond acceptors (Lipinski definition) is 9. The van der Waals surface area contributed by atoms with Crippen LogP contribution >= 0.6 is 11.8 Å². The maximum absolute atomic E-state index is 11.7. The lowest BCUT2D eigenvalue weighted by molar-refractivity contribution is -0.142. The molecule has 1 heterocycles. The van der Waals surface area contributed by atoms with E-state index in [1.54, 1.807) is 26.2 Å². The standard InChI is InChI=1S/C22H33NO8S/c1-4-19-22(2,21(25)26)23-20(32-19)17-6-5-16(15-18(17)24)31-14-13-30-12-11-29-10-9-28-8-7-27-3/h5-6,15,19,24H,4,7-14H2,1-3H3,(H,25,26)/t19?,22-/m1/s1. The molecule has 0 bridgehead atoms. The van der Waals surface area contributed by atoms with Gasteiger partial charge in [0.2, 0.25) is 0 Å². The molecule has 2 atom stereocenters. The molecule has 2 rings (SSSR count). The topological polar surface area (TPSA) is 116 Å². The van der Waals surface area contributed by atoms with Gasteiger partial charge in [-0.1, -0.05) is 18.7 Å². The molecule has 1 aliphatic heterocycles. The number of carboxylic acid groups (broad SMARTS) is 1. The molecule has 0 amide bonds. The van der Waals surface area contributed by atoms with Gasteiger partial charge in [0.05, 0.1) is 46.2 Å². The van der Waals surface area contributed by atoms with E-state index >= 15 is 0 Å². The van der Waals surface area contributed by atoms with Crippen LogP contribution in [-0.4, -0.2) is 92.0 Å². The first kappa shape index (κ1) is 26.4. The summed E-state index contributed by atoms with van der Waals surface area (Å²) in [5.41, 5.74) is -0.695. The van der Waals surface area contributed by atoms with E-state index in [2.05, 4.69) is 4.99 Å². The number of carboxylic acids is 1. The van der Waals surface area contributed by atoms with Gasteiger partial charge < -0.3 is 33.9 Å². The van der Waals surface area contributed by atoms with Crippen molar-refractivity contribution in [3.05, 3.63) is 23.8 Å². The van der Waals surface area contributed by atoms with Gasteiger partial charge >= 0.3 is 5.97 Å². The number of nitrogens with zero attached hydrogens (tertiary/aromatic N) is 1. The summed E-state index contributed by atoms with van der Waals surface area (Å²) in [6, 6.07) is 4.92. The quantitative estimate of drug-likeness (QED) is 0.351. The Morgan fingerprint density at radius 3 is 2.16 bits per heavy atom. The molecule has 180 valence electrons. The minimum Gasteiger partial charge on any atom is -0.507 e. The Labute approximate surface area is 193 Å². The molecule has 0 radical (unpaired) electrons. The van der Waals surface area contributed by atoms with E-state index in [0.29, 0.717) is 75.6 Å². The van der Waals surface area contributed by atoms with E-state index in [4.69, 9.17) is 23.7 Å². The molecule has 0 aliphatic carbocycles. The van der Waals surface area contributed by atoms with Gasteiger partial charge in [-0.15, -0.1) is 0 Å². The van der Waals surface area contributed by atoms with Crippen LogP contribution in [0.5, 0.6) is 11.5 Å². The van der Waals surface area contributed by atoms with Crippen LogP contribution in [0.3, 0.4) is 0 Å². The normalized spacial score (nSPS) is 20.3. The summed E-state index contributed by atoms with van der Waals surface area (Å²) in [4.78, 5) is 16.1. The van der Waals surface area contributed by atoms with Crippen molar-refractivity contribution < 1.29 is 38.7 Å². The average molecular weight is 472 g/mol. The number of carbonyl (C=O) groups is 1. The molecule has 1 unspecified atom stereocenters. The van der Waals surface area contributed by atoms with Crippen LogP contribution in [0.15, 0.2) is 23.2 Å². The first-order valence-corrected chi connectivity index (χ1v) is 11.5. The zero-order valence-corrected chi connectivity index (χ0v) is 19.7. The zero-order chi connectivity index (χ0) is 23.4. The van der Waals surface area contributed by atoms with Gasteiger partial charge in [0.25, 0.3) is 0 Å². The number of thioether (sulfide) groups is 1. The fourth-order valence-electron chi connectivity index (χ4n) is 3.03. The zero-order valence-electron chi connectivity index (χ0n) is 18.9. The highest BCUT2D eigenvalue weighted by molar-refractivity contribution is 8.15. The number of aromatic hydroxyl groups is 1. The Bertz CT molecular complexity index is 759. The first-order valence-electron chi connectivity index (χ1n) is 10.6. The van der Waals surface area contributed by atoms with Crippen molar-refractivity contribution in [1.29, 1.82) is 0 Å². The van der Waals surface area contributed by atoms with E-state index in [-0.39, 0.29) is 11.0 Å². The van der Waals surface area contributed by atoms with Gasteiger partial charge in [0.15, 0.2) is 5.54 Å². The molecule has 1 aromatic rings. The van der Waals surface area contributed by atoms with Crippen molar-refractivity contribution in [3.63, 3.8) is 0 Å². The molecule has 1 aliphatic rings. The third kappa shape index (κ3) is 7.63. The molecule has 0 aromatic heterocycles. The summed E-state index contributed by atoms with van der Waals surface area (Å²) in [6.07, 6.45) is 0.662. The second kappa shape index (κ2) is 13.6. The van der Waals surface area contributed by atoms with Gasteiger partial charge in [0, 0.05) is 24.0 Å². The van der Waals surface area contributed by atoms with E-state index in [1.807, 2.05) is 6.92 Å². The van der Waals surface area contributed by atoms with E-state index in [9.17, 15) is 15.0 Å². The van der Waals surface area contributed by atoms with Crippen molar-refractivity contribution in [1.82, 2.24) is 0 Å². The van der Waals surface area contributed by atoms with Crippen LogP contribution < -0.4 is 4.74 Å². The summed E-state index contributed by atoms with van der Waals surface area (Å²) in [5, 5.41) is 20.3. The molecule has 9 nitrogen and oxygen atoms in total. The Morgan fingerprint density at radius 2 is 1.66 bits per heavy atom. The fraction of sp³-hybridized carbons (Fsp3) is 0.636. The Balaban J connectivity index is 1.70. The van der Waals surface area contributed by atoms with Crippen LogP contribution in [0.1, 0.15) is 25.8 Å². The SMILES string of the molecule is CCC1SC(c2ccc(OCCOCCOCCOCCOC)cc2O)=N[C@@]1(C)C(=O)O. The molecule has 0 saturated heterocycles. The van der Waals surface area contributed by atoms with Gasteiger partial charge in [-0.25, -0.2) is 4.79 Å². The molecular formula is C22H33NO8S. The summed E-state index contributed by atoms with van der Waals surface area (Å²) in [5.74, 6) is -0.469. The molecule has 1 aromatic carbocycles. The van der Waals surface area contributed by atoms with Crippen LogP contribution in [0.4, 0.5) is 0 Å².